The van der Waals surface area contributed by atoms with Gasteiger partial charge in [-0.25, -0.2) is 8.42 Å². The van der Waals surface area contributed by atoms with E-state index in [0.717, 1.165) is 0 Å². The summed E-state index contributed by atoms with van der Waals surface area (Å²) >= 11 is 5.74. The smallest absolute Gasteiger partial charge is 0.311 e. The fourth-order valence-electron chi connectivity index (χ4n) is 1.77. The first kappa shape index (κ1) is 13.1. The van der Waals surface area contributed by atoms with Gasteiger partial charge in [0.15, 0.2) is 15.6 Å². The van der Waals surface area contributed by atoms with Crippen molar-refractivity contribution in [1.82, 2.24) is 0 Å². The highest BCUT2D eigenvalue weighted by Crippen LogP contribution is 2.32. The molecular weight excluding hydrogens is 282 g/mol. The Labute approximate surface area is 109 Å². The van der Waals surface area contributed by atoms with Gasteiger partial charge in [0.25, 0.3) is 0 Å². The van der Waals surface area contributed by atoms with E-state index in [4.69, 9.17) is 16.3 Å². The number of ether oxygens (including phenoxy) is 1. The van der Waals surface area contributed by atoms with Gasteiger partial charge >= 0.3 is 5.69 Å². The molecule has 0 N–H and O–H groups in total. The van der Waals surface area contributed by atoms with Gasteiger partial charge in [0.1, 0.15) is 6.10 Å². The van der Waals surface area contributed by atoms with Gasteiger partial charge in [-0.05, 0) is 12.5 Å². The summed E-state index contributed by atoms with van der Waals surface area (Å²) in [5, 5.41) is 11.1. The summed E-state index contributed by atoms with van der Waals surface area (Å²) in [5.41, 5.74) is -0.219. The number of rotatable bonds is 3. The number of nitrogens with zero attached hydrogens (tertiary/aromatic N) is 1. The predicted molar refractivity (Wildman–Crippen MR) is 65.8 cm³/mol. The molecular formula is C10H10ClNO5S. The summed E-state index contributed by atoms with van der Waals surface area (Å²) in [6, 6.07) is 3.95. The van der Waals surface area contributed by atoms with Crippen molar-refractivity contribution in [1.29, 1.82) is 0 Å². The van der Waals surface area contributed by atoms with Gasteiger partial charge in [-0.3, -0.25) is 10.1 Å². The largest absolute Gasteiger partial charge is 0.482 e. The highest BCUT2D eigenvalue weighted by atomic mass is 35.5. The van der Waals surface area contributed by atoms with E-state index in [2.05, 4.69) is 0 Å². The maximum absolute atomic E-state index is 11.3. The van der Waals surface area contributed by atoms with Crippen LogP contribution in [0.2, 0.25) is 5.02 Å². The topological polar surface area (TPSA) is 86.5 Å². The molecule has 1 aromatic carbocycles. The molecule has 1 fully saturated rings. The predicted octanol–water partition coefficient (Wildman–Crippen LogP) is 1.81. The summed E-state index contributed by atoms with van der Waals surface area (Å²) < 4.78 is 27.9. The van der Waals surface area contributed by atoms with Crippen LogP contribution in [0.4, 0.5) is 5.69 Å². The summed E-state index contributed by atoms with van der Waals surface area (Å²) in [7, 11) is -3.09. The molecule has 0 aromatic heterocycles. The maximum Gasteiger partial charge on any atom is 0.311 e. The zero-order chi connectivity index (χ0) is 13.3. The molecule has 0 spiro atoms. The van der Waals surface area contributed by atoms with Crippen molar-refractivity contribution in [3.63, 3.8) is 0 Å². The molecule has 0 aliphatic carbocycles. The Balaban J connectivity index is 2.23. The van der Waals surface area contributed by atoms with E-state index in [9.17, 15) is 18.5 Å². The fourth-order valence-corrected chi connectivity index (χ4v) is 3.52. The van der Waals surface area contributed by atoms with E-state index in [1.165, 1.54) is 18.2 Å². The van der Waals surface area contributed by atoms with Crippen molar-refractivity contribution in [2.24, 2.45) is 0 Å². The van der Waals surface area contributed by atoms with Gasteiger partial charge < -0.3 is 4.74 Å². The first-order valence-electron chi connectivity index (χ1n) is 5.18. The van der Waals surface area contributed by atoms with Crippen molar-refractivity contribution in [2.45, 2.75) is 12.5 Å². The Morgan fingerprint density at radius 1 is 1.44 bits per heavy atom. The summed E-state index contributed by atoms with van der Waals surface area (Å²) in [5.74, 6) is -0.0579. The average molecular weight is 292 g/mol. The third-order valence-corrected chi connectivity index (χ3v) is 4.58. The number of nitro benzene ring substituents is 1. The van der Waals surface area contributed by atoms with Crippen LogP contribution in [0, 0.1) is 10.1 Å². The molecule has 1 saturated heterocycles. The van der Waals surface area contributed by atoms with Gasteiger partial charge in [-0.2, -0.15) is 0 Å². The molecule has 98 valence electrons. The third kappa shape index (κ3) is 2.91. The molecule has 2 rings (SSSR count). The van der Waals surface area contributed by atoms with E-state index >= 15 is 0 Å². The highest BCUT2D eigenvalue weighted by Gasteiger charge is 2.31. The van der Waals surface area contributed by atoms with Crippen LogP contribution in [0.5, 0.6) is 5.75 Å². The molecule has 1 atom stereocenters. The normalized spacial score (nSPS) is 21.7. The molecule has 0 radical (unpaired) electrons. The maximum atomic E-state index is 11.3. The average Bonchev–Trinajstić information content (AvgIpc) is 2.57. The summed E-state index contributed by atoms with van der Waals surface area (Å²) in [4.78, 5) is 10.2. The van der Waals surface area contributed by atoms with Crippen LogP contribution in [-0.4, -0.2) is 31.0 Å². The van der Waals surface area contributed by atoms with E-state index in [0.29, 0.717) is 11.4 Å². The first-order valence-corrected chi connectivity index (χ1v) is 7.38. The Hall–Kier alpha value is -1.34. The molecule has 8 heteroatoms. The second kappa shape index (κ2) is 4.74. The lowest BCUT2D eigenvalue weighted by Gasteiger charge is -2.12. The van der Waals surface area contributed by atoms with Crippen LogP contribution in [0.15, 0.2) is 18.2 Å². The lowest BCUT2D eigenvalue weighted by Crippen LogP contribution is -2.18. The van der Waals surface area contributed by atoms with Crippen molar-refractivity contribution < 1.29 is 18.1 Å². The van der Waals surface area contributed by atoms with Crippen LogP contribution in [0.1, 0.15) is 6.42 Å². The minimum Gasteiger partial charge on any atom is -0.482 e. The Bertz CT molecular complexity index is 586. The van der Waals surface area contributed by atoms with Crippen molar-refractivity contribution in [3.05, 3.63) is 33.3 Å². The lowest BCUT2D eigenvalue weighted by molar-refractivity contribution is -0.386. The van der Waals surface area contributed by atoms with E-state index in [1.54, 1.807) is 0 Å². The molecule has 0 bridgehead atoms. The third-order valence-electron chi connectivity index (χ3n) is 2.60. The molecule has 0 amide bonds. The van der Waals surface area contributed by atoms with Crippen LogP contribution in [-0.2, 0) is 9.84 Å². The van der Waals surface area contributed by atoms with E-state index in [1.807, 2.05) is 0 Å². The van der Waals surface area contributed by atoms with Gasteiger partial charge in [0, 0.05) is 17.2 Å². The quantitative estimate of drug-likeness (QED) is 0.626. The second-order valence-corrected chi connectivity index (χ2v) is 6.68. The molecule has 1 aromatic rings. The van der Waals surface area contributed by atoms with Gasteiger partial charge in [-0.15, -0.1) is 0 Å². The van der Waals surface area contributed by atoms with Crippen LogP contribution < -0.4 is 4.74 Å². The summed E-state index contributed by atoms with van der Waals surface area (Å²) in [6.07, 6.45) is -0.210. The van der Waals surface area contributed by atoms with Crippen molar-refractivity contribution in [2.75, 3.05) is 11.5 Å². The van der Waals surface area contributed by atoms with Gasteiger partial charge in [-0.1, -0.05) is 11.6 Å². The van der Waals surface area contributed by atoms with Crippen molar-refractivity contribution >= 4 is 27.1 Å². The minimum atomic E-state index is -3.09. The highest BCUT2D eigenvalue weighted by molar-refractivity contribution is 7.91. The van der Waals surface area contributed by atoms with Crippen LogP contribution in [0.25, 0.3) is 0 Å². The molecule has 1 heterocycles. The zero-order valence-corrected chi connectivity index (χ0v) is 10.8. The number of nitro groups is 1. The molecule has 18 heavy (non-hydrogen) atoms. The fraction of sp³-hybridized carbons (Fsp3) is 0.400. The minimum absolute atomic E-state index is 0.00889. The Morgan fingerprint density at radius 2 is 2.17 bits per heavy atom. The van der Waals surface area contributed by atoms with Crippen LogP contribution >= 0.6 is 11.6 Å². The molecule has 1 aliphatic rings. The van der Waals surface area contributed by atoms with E-state index < -0.39 is 20.9 Å². The SMILES string of the molecule is O=[N+]([O-])c1ccc(Cl)cc1OC1CCS(=O)(=O)C1. The Morgan fingerprint density at radius 3 is 2.72 bits per heavy atom. The number of halogens is 1. The van der Waals surface area contributed by atoms with E-state index in [-0.39, 0.29) is 22.9 Å². The number of sulfone groups is 1. The van der Waals surface area contributed by atoms with Crippen molar-refractivity contribution in [3.8, 4) is 5.75 Å². The number of benzene rings is 1. The van der Waals surface area contributed by atoms with Crippen LogP contribution in [0.3, 0.4) is 0 Å². The monoisotopic (exact) mass is 291 g/mol. The number of hydrogen-bond donors (Lipinski definition) is 0. The number of hydrogen-bond acceptors (Lipinski definition) is 5. The summed E-state index contributed by atoms with van der Waals surface area (Å²) in [6.45, 7) is 0. The lowest BCUT2D eigenvalue weighted by atomic mass is 10.2. The van der Waals surface area contributed by atoms with Gasteiger partial charge in [0.2, 0.25) is 0 Å². The standard InChI is InChI=1S/C10H10ClNO5S/c11-7-1-2-9(12(13)14)10(5-7)17-8-3-4-18(15,16)6-8/h1-2,5,8H,3-4,6H2. The molecule has 6 nitrogen and oxygen atoms in total. The molecule has 1 unspecified atom stereocenters. The Kier molecular flexibility index (Phi) is 3.45. The molecule has 1 aliphatic heterocycles. The van der Waals surface area contributed by atoms with Gasteiger partial charge in [0.05, 0.1) is 16.4 Å². The second-order valence-electron chi connectivity index (χ2n) is 4.01. The molecule has 0 saturated carbocycles. The zero-order valence-electron chi connectivity index (χ0n) is 9.21. The first-order chi connectivity index (χ1) is 8.37.